The summed E-state index contributed by atoms with van der Waals surface area (Å²) in [5.41, 5.74) is 2.72. The maximum Gasteiger partial charge on any atom is 0.325 e. The molecule has 0 fully saturated rings. The molecule has 4 nitrogen and oxygen atoms in total. The Labute approximate surface area is 112 Å². The van der Waals surface area contributed by atoms with Crippen LogP contribution in [0.15, 0.2) is 24.3 Å². The first kappa shape index (κ1) is 13.6. The Balaban J connectivity index is 2.44. The van der Waals surface area contributed by atoms with Gasteiger partial charge in [0.05, 0.1) is 0 Å². The molecule has 1 aromatic heterocycles. The van der Waals surface area contributed by atoms with Crippen molar-refractivity contribution in [3.63, 3.8) is 0 Å². The van der Waals surface area contributed by atoms with E-state index in [1.54, 1.807) is 0 Å². The molecule has 2 aromatic rings. The van der Waals surface area contributed by atoms with E-state index in [1.807, 2.05) is 31.2 Å². The molecule has 3 N–H and O–H groups in total. The zero-order chi connectivity index (χ0) is 14.0. The fourth-order valence-corrected chi connectivity index (χ4v) is 2.34. The van der Waals surface area contributed by atoms with Crippen molar-refractivity contribution in [3.05, 3.63) is 35.5 Å². The third kappa shape index (κ3) is 2.79. The van der Waals surface area contributed by atoms with Gasteiger partial charge < -0.3 is 15.4 Å². The summed E-state index contributed by atoms with van der Waals surface area (Å²) in [6.07, 6.45) is 0. The number of aryl methyl sites for hydroxylation is 1. The van der Waals surface area contributed by atoms with Gasteiger partial charge in [-0.1, -0.05) is 32.0 Å². The van der Waals surface area contributed by atoms with Crippen molar-refractivity contribution < 1.29 is 9.90 Å². The number of hydrogen-bond acceptors (Lipinski definition) is 2. The second-order valence-corrected chi connectivity index (χ2v) is 5.28. The molecule has 1 atom stereocenters. The van der Waals surface area contributed by atoms with Gasteiger partial charge in [-0.2, -0.15) is 0 Å². The molecule has 0 amide bonds. The fraction of sp³-hybridized carbons (Fsp3) is 0.400. The van der Waals surface area contributed by atoms with E-state index >= 15 is 0 Å². The number of fused-ring (bicyclic) bond motifs is 1. The van der Waals surface area contributed by atoms with Gasteiger partial charge in [0, 0.05) is 22.2 Å². The summed E-state index contributed by atoms with van der Waals surface area (Å²) in [6.45, 7) is 6.72. The summed E-state index contributed by atoms with van der Waals surface area (Å²) in [7, 11) is 0. The Kier molecular flexibility index (Phi) is 3.90. The first-order valence-corrected chi connectivity index (χ1v) is 6.54. The standard InChI is InChI=1S/C15H20N2O2/c1-9(2)8-16-14(15(18)19)13-10(3)17-12-7-5-4-6-11(12)13/h4-7,9,14,16-17H,8H2,1-3H3,(H,18,19). The van der Waals surface area contributed by atoms with Gasteiger partial charge in [0.15, 0.2) is 0 Å². The number of aliphatic carboxylic acids is 1. The third-order valence-corrected chi connectivity index (χ3v) is 3.21. The normalized spacial score (nSPS) is 13.1. The van der Waals surface area contributed by atoms with Gasteiger partial charge in [-0.25, -0.2) is 0 Å². The summed E-state index contributed by atoms with van der Waals surface area (Å²) in [6, 6.07) is 7.13. The monoisotopic (exact) mass is 260 g/mol. The minimum Gasteiger partial charge on any atom is -0.480 e. The highest BCUT2D eigenvalue weighted by atomic mass is 16.4. The SMILES string of the molecule is Cc1[nH]c2ccccc2c1C(NCC(C)C)C(=O)O. The highest BCUT2D eigenvalue weighted by Crippen LogP contribution is 2.28. The van der Waals surface area contributed by atoms with Crippen molar-refractivity contribution in [1.29, 1.82) is 0 Å². The van der Waals surface area contributed by atoms with E-state index in [1.165, 1.54) is 0 Å². The smallest absolute Gasteiger partial charge is 0.325 e. The van der Waals surface area contributed by atoms with Crippen LogP contribution in [0.3, 0.4) is 0 Å². The molecule has 0 saturated heterocycles. The molecule has 0 bridgehead atoms. The summed E-state index contributed by atoms with van der Waals surface area (Å²) < 4.78 is 0. The van der Waals surface area contributed by atoms with Crippen molar-refractivity contribution >= 4 is 16.9 Å². The Hall–Kier alpha value is -1.81. The second kappa shape index (κ2) is 5.45. The Morgan fingerprint density at radius 1 is 1.37 bits per heavy atom. The maximum absolute atomic E-state index is 11.5. The molecule has 102 valence electrons. The van der Waals surface area contributed by atoms with Crippen LogP contribution in [-0.4, -0.2) is 22.6 Å². The number of hydrogen-bond donors (Lipinski definition) is 3. The van der Waals surface area contributed by atoms with Crippen molar-refractivity contribution in [2.45, 2.75) is 26.8 Å². The van der Waals surface area contributed by atoms with Crippen molar-refractivity contribution in [2.75, 3.05) is 6.54 Å². The van der Waals surface area contributed by atoms with E-state index in [9.17, 15) is 9.90 Å². The number of nitrogens with one attached hydrogen (secondary N) is 2. The second-order valence-electron chi connectivity index (χ2n) is 5.28. The molecule has 0 aliphatic rings. The molecule has 19 heavy (non-hydrogen) atoms. The maximum atomic E-state index is 11.5. The number of para-hydroxylation sites is 1. The first-order valence-electron chi connectivity index (χ1n) is 6.54. The van der Waals surface area contributed by atoms with Crippen LogP contribution in [-0.2, 0) is 4.79 Å². The lowest BCUT2D eigenvalue weighted by Gasteiger charge is -2.16. The number of carbonyl (C=O) groups is 1. The molecular formula is C15H20N2O2. The number of carboxylic acids is 1. The molecule has 0 aliphatic carbocycles. The summed E-state index contributed by atoms with van der Waals surface area (Å²) in [5, 5.41) is 13.6. The van der Waals surface area contributed by atoms with Gasteiger partial charge >= 0.3 is 5.97 Å². The molecule has 0 saturated carbocycles. The van der Waals surface area contributed by atoms with E-state index in [0.29, 0.717) is 12.5 Å². The van der Waals surface area contributed by atoms with E-state index < -0.39 is 12.0 Å². The van der Waals surface area contributed by atoms with E-state index in [4.69, 9.17) is 0 Å². The molecule has 1 unspecified atom stereocenters. The molecular weight excluding hydrogens is 240 g/mol. The van der Waals surface area contributed by atoms with Gasteiger partial charge in [0.1, 0.15) is 6.04 Å². The average molecular weight is 260 g/mol. The predicted octanol–water partition coefficient (Wildman–Crippen LogP) is 2.85. The van der Waals surface area contributed by atoms with Crippen LogP contribution < -0.4 is 5.32 Å². The minimum atomic E-state index is -0.839. The van der Waals surface area contributed by atoms with Crippen molar-refractivity contribution in [1.82, 2.24) is 10.3 Å². The van der Waals surface area contributed by atoms with Crippen LogP contribution in [0, 0.1) is 12.8 Å². The van der Waals surface area contributed by atoms with Gasteiger partial charge in [0.25, 0.3) is 0 Å². The molecule has 0 spiro atoms. The van der Waals surface area contributed by atoms with Crippen LogP contribution >= 0.6 is 0 Å². The highest BCUT2D eigenvalue weighted by molar-refractivity contribution is 5.90. The average Bonchev–Trinajstić information content (AvgIpc) is 2.66. The third-order valence-electron chi connectivity index (χ3n) is 3.21. The minimum absolute atomic E-state index is 0.410. The fourth-order valence-electron chi connectivity index (χ4n) is 2.34. The number of H-pyrrole nitrogens is 1. The zero-order valence-electron chi connectivity index (χ0n) is 11.5. The lowest BCUT2D eigenvalue weighted by Crippen LogP contribution is -2.31. The quantitative estimate of drug-likeness (QED) is 0.774. The Morgan fingerprint density at radius 3 is 2.68 bits per heavy atom. The van der Waals surface area contributed by atoms with Crippen LogP contribution in [0.1, 0.15) is 31.1 Å². The Bertz CT molecular complexity index is 587. The lowest BCUT2D eigenvalue weighted by atomic mass is 10.0. The zero-order valence-corrected chi connectivity index (χ0v) is 11.5. The summed E-state index contributed by atoms with van der Waals surface area (Å²) in [4.78, 5) is 14.8. The predicted molar refractivity (Wildman–Crippen MR) is 76.3 cm³/mol. The largest absolute Gasteiger partial charge is 0.480 e. The van der Waals surface area contributed by atoms with E-state index in [0.717, 1.165) is 22.2 Å². The van der Waals surface area contributed by atoms with Gasteiger partial charge in [-0.3, -0.25) is 4.79 Å². The summed E-state index contributed by atoms with van der Waals surface area (Å²) in [5.74, 6) is -0.430. The van der Waals surface area contributed by atoms with Gasteiger partial charge in [-0.15, -0.1) is 0 Å². The van der Waals surface area contributed by atoms with Gasteiger partial charge in [-0.05, 0) is 25.5 Å². The number of rotatable bonds is 5. The molecule has 0 radical (unpaired) electrons. The topological polar surface area (TPSA) is 65.1 Å². The van der Waals surface area contributed by atoms with Crippen LogP contribution in [0.5, 0.6) is 0 Å². The lowest BCUT2D eigenvalue weighted by molar-refractivity contribution is -0.139. The molecule has 4 heteroatoms. The van der Waals surface area contributed by atoms with Crippen LogP contribution in [0.25, 0.3) is 10.9 Å². The van der Waals surface area contributed by atoms with Gasteiger partial charge in [0.2, 0.25) is 0 Å². The number of benzene rings is 1. The van der Waals surface area contributed by atoms with E-state index in [-0.39, 0.29) is 0 Å². The van der Waals surface area contributed by atoms with Crippen LogP contribution in [0.4, 0.5) is 0 Å². The van der Waals surface area contributed by atoms with Crippen LogP contribution in [0.2, 0.25) is 0 Å². The number of aromatic nitrogens is 1. The number of aromatic amines is 1. The molecule has 1 aromatic carbocycles. The molecule has 1 heterocycles. The van der Waals surface area contributed by atoms with Crippen molar-refractivity contribution in [3.8, 4) is 0 Å². The first-order chi connectivity index (χ1) is 9.00. The number of carboxylic acid groups (broad SMARTS) is 1. The van der Waals surface area contributed by atoms with E-state index in [2.05, 4.69) is 24.1 Å². The summed E-state index contributed by atoms with van der Waals surface area (Å²) >= 11 is 0. The van der Waals surface area contributed by atoms with Crippen molar-refractivity contribution in [2.24, 2.45) is 5.92 Å². The molecule has 2 rings (SSSR count). The Morgan fingerprint density at radius 2 is 2.05 bits per heavy atom. The highest BCUT2D eigenvalue weighted by Gasteiger charge is 2.24. The molecule has 0 aliphatic heterocycles.